The van der Waals surface area contributed by atoms with E-state index in [1.54, 1.807) is 12.1 Å². The molecule has 0 unspecified atom stereocenters. The molecule has 0 bridgehead atoms. The first kappa shape index (κ1) is 17.9. The van der Waals surface area contributed by atoms with Crippen molar-refractivity contribution in [1.82, 2.24) is 0 Å². The number of carbonyl (C=O) groups is 1. The molecule has 0 saturated carbocycles. The van der Waals surface area contributed by atoms with Crippen LogP contribution in [0.4, 0.5) is 4.11 Å². The van der Waals surface area contributed by atoms with Crippen LogP contribution in [-0.4, -0.2) is 19.5 Å². The van der Waals surface area contributed by atoms with E-state index < -0.39 is 14.4 Å². The SMILES string of the molecule is CCCC1(c2ccccc2)CC[Si](F)(c2ccc(C(=O)O)cc2)CC1. The van der Waals surface area contributed by atoms with Crippen LogP contribution in [-0.2, 0) is 5.41 Å². The third-order valence-corrected chi connectivity index (χ3v) is 9.22. The highest BCUT2D eigenvalue weighted by Crippen LogP contribution is 2.46. The molecule has 2 nitrogen and oxygen atoms in total. The lowest BCUT2D eigenvalue weighted by Gasteiger charge is -2.42. The van der Waals surface area contributed by atoms with Crippen molar-refractivity contribution in [3.8, 4) is 0 Å². The van der Waals surface area contributed by atoms with Gasteiger partial charge in [0, 0.05) is 0 Å². The van der Waals surface area contributed by atoms with E-state index in [-0.39, 0.29) is 11.0 Å². The summed E-state index contributed by atoms with van der Waals surface area (Å²) >= 11 is 0. The number of carboxylic acid groups (broad SMARTS) is 1. The average Bonchev–Trinajstić information content (AvgIpc) is 2.65. The summed E-state index contributed by atoms with van der Waals surface area (Å²) in [5.74, 6) is -0.962. The van der Waals surface area contributed by atoms with Crippen molar-refractivity contribution in [2.24, 2.45) is 0 Å². The number of halogens is 1. The number of carboxylic acids is 1. The standard InChI is InChI=1S/C21H25FO2Si/c1-2-12-21(18-6-4-3-5-7-18)13-15-25(22,16-14-21)19-10-8-17(9-11-19)20(23)24/h3-11H,2,12-16H2,1H3,(H,23,24). The lowest BCUT2D eigenvalue weighted by Crippen LogP contribution is -2.49. The lowest BCUT2D eigenvalue weighted by molar-refractivity contribution is 0.0697. The highest BCUT2D eigenvalue weighted by molar-refractivity contribution is 6.86. The quantitative estimate of drug-likeness (QED) is 0.602. The first-order valence-corrected chi connectivity index (χ1v) is 11.4. The lowest BCUT2D eigenvalue weighted by atomic mass is 9.72. The zero-order valence-corrected chi connectivity index (χ0v) is 15.7. The molecule has 1 aliphatic heterocycles. The van der Waals surface area contributed by atoms with Crippen molar-refractivity contribution in [3.05, 3.63) is 65.7 Å². The van der Waals surface area contributed by atoms with Crippen molar-refractivity contribution in [2.45, 2.75) is 50.1 Å². The molecule has 132 valence electrons. The van der Waals surface area contributed by atoms with Crippen molar-refractivity contribution >= 4 is 19.6 Å². The Labute approximate surface area is 149 Å². The number of hydrogen-bond donors (Lipinski definition) is 1. The molecule has 3 rings (SSSR count). The molecule has 1 saturated heterocycles. The predicted molar refractivity (Wildman–Crippen MR) is 102 cm³/mol. The summed E-state index contributed by atoms with van der Waals surface area (Å²) in [6, 6.07) is 18.3. The molecule has 0 amide bonds. The molecule has 2 aromatic carbocycles. The Hall–Kier alpha value is -1.94. The van der Waals surface area contributed by atoms with Crippen LogP contribution in [0.2, 0.25) is 12.1 Å². The van der Waals surface area contributed by atoms with E-state index in [9.17, 15) is 4.79 Å². The first-order chi connectivity index (χ1) is 12.0. The first-order valence-electron chi connectivity index (χ1n) is 9.07. The zero-order valence-electron chi connectivity index (χ0n) is 14.7. The average molecular weight is 357 g/mol. The molecule has 0 aromatic heterocycles. The highest BCUT2D eigenvalue weighted by atomic mass is 28.4. The molecule has 1 aliphatic rings. The predicted octanol–water partition coefficient (Wildman–Crippen LogP) is 5.04. The van der Waals surface area contributed by atoms with E-state index >= 15 is 4.11 Å². The van der Waals surface area contributed by atoms with Crippen molar-refractivity contribution < 1.29 is 14.0 Å². The van der Waals surface area contributed by atoms with Gasteiger partial charge in [-0.25, -0.2) is 4.79 Å². The van der Waals surface area contributed by atoms with Gasteiger partial charge in [0.25, 0.3) is 8.41 Å². The number of rotatable bonds is 5. The second-order valence-electron chi connectivity index (χ2n) is 7.24. The molecule has 4 heteroatoms. The van der Waals surface area contributed by atoms with Gasteiger partial charge >= 0.3 is 5.97 Å². The minimum atomic E-state index is -3.01. The molecular formula is C21H25FO2Si. The maximum absolute atomic E-state index is 15.7. The fourth-order valence-corrected chi connectivity index (χ4v) is 7.62. The van der Waals surface area contributed by atoms with Gasteiger partial charge in [0.05, 0.1) is 5.56 Å². The molecule has 0 atom stereocenters. The van der Waals surface area contributed by atoms with E-state index in [1.165, 1.54) is 17.7 Å². The summed E-state index contributed by atoms with van der Waals surface area (Å²) in [5.41, 5.74) is 1.66. The van der Waals surface area contributed by atoms with Crippen LogP contribution in [0.15, 0.2) is 54.6 Å². The van der Waals surface area contributed by atoms with Crippen LogP contribution in [0.25, 0.3) is 0 Å². The van der Waals surface area contributed by atoms with Crippen molar-refractivity contribution in [2.75, 3.05) is 0 Å². The molecule has 0 spiro atoms. The minimum Gasteiger partial charge on any atom is -0.478 e. The molecule has 1 fully saturated rings. The van der Waals surface area contributed by atoms with Gasteiger partial charge in [0.2, 0.25) is 0 Å². The van der Waals surface area contributed by atoms with Crippen LogP contribution in [0.5, 0.6) is 0 Å². The van der Waals surface area contributed by atoms with Crippen LogP contribution in [0, 0.1) is 0 Å². The number of hydrogen-bond acceptors (Lipinski definition) is 1. The van der Waals surface area contributed by atoms with Gasteiger partial charge in [-0.3, -0.25) is 0 Å². The Balaban J connectivity index is 1.82. The highest BCUT2D eigenvalue weighted by Gasteiger charge is 2.46. The van der Waals surface area contributed by atoms with Crippen LogP contribution in [0.3, 0.4) is 0 Å². The van der Waals surface area contributed by atoms with Crippen LogP contribution >= 0.6 is 0 Å². The summed E-state index contributed by atoms with van der Waals surface area (Å²) in [5, 5.41) is 9.77. The normalized spacial score (nSPS) is 26.3. The minimum absolute atomic E-state index is 0.0968. The number of aromatic carboxylic acids is 1. The summed E-state index contributed by atoms with van der Waals surface area (Å²) < 4.78 is 15.7. The largest absolute Gasteiger partial charge is 0.478 e. The van der Waals surface area contributed by atoms with E-state index in [0.29, 0.717) is 12.1 Å². The molecule has 2 aromatic rings. The summed E-state index contributed by atoms with van der Waals surface area (Å²) in [7, 11) is -3.01. The van der Waals surface area contributed by atoms with Gasteiger partial charge in [-0.05, 0) is 59.6 Å². The fraction of sp³-hybridized carbons (Fsp3) is 0.381. The van der Waals surface area contributed by atoms with Gasteiger partial charge in [-0.15, -0.1) is 0 Å². The Morgan fingerprint density at radius 2 is 1.68 bits per heavy atom. The number of benzene rings is 2. The molecule has 1 heterocycles. The second kappa shape index (κ2) is 7.12. The Kier molecular flexibility index (Phi) is 5.09. The maximum atomic E-state index is 15.7. The third-order valence-electron chi connectivity index (χ3n) is 5.76. The van der Waals surface area contributed by atoms with E-state index in [1.807, 2.05) is 6.07 Å². The van der Waals surface area contributed by atoms with Gasteiger partial charge in [-0.2, -0.15) is 0 Å². The zero-order chi connectivity index (χ0) is 17.9. The van der Waals surface area contributed by atoms with Crippen LogP contribution in [0.1, 0.15) is 48.5 Å². The monoisotopic (exact) mass is 356 g/mol. The molecule has 0 aliphatic carbocycles. The van der Waals surface area contributed by atoms with E-state index in [2.05, 4.69) is 31.2 Å². The topological polar surface area (TPSA) is 37.3 Å². The van der Waals surface area contributed by atoms with E-state index in [4.69, 9.17) is 5.11 Å². The van der Waals surface area contributed by atoms with E-state index in [0.717, 1.165) is 30.9 Å². The van der Waals surface area contributed by atoms with Crippen molar-refractivity contribution in [3.63, 3.8) is 0 Å². The van der Waals surface area contributed by atoms with Crippen molar-refractivity contribution in [1.29, 1.82) is 0 Å². The smallest absolute Gasteiger partial charge is 0.335 e. The summed E-state index contributed by atoms with van der Waals surface area (Å²) in [4.78, 5) is 11.0. The van der Waals surface area contributed by atoms with Gasteiger partial charge in [-0.1, -0.05) is 55.8 Å². The maximum Gasteiger partial charge on any atom is 0.335 e. The van der Waals surface area contributed by atoms with Crippen LogP contribution < -0.4 is 5.19 Å². The third kappa shape index (κ3) is 3.54. The molecule has 25 heavy (non-hydrogen) atoms. The molecule has 1 N–H and O–H groups in total. The van der Waals surface area contributed by atoms with Gasteiger partial charge < -0.3 is 9.21 Å². The molecule has 0 radical (unpaired) electrons. The Morgan fingerprint density at radius 3 is 2.20 bits per heavy atom. The Morgan fingerprint density at radius 1 is 1.08 bits per heavy atom. The fourth-order valence-electron chi connectivity index (χ4n) is 4.28. The van der Waals surface area contributed by atoms with Gasteiger partial charge in [0.1, 0.15) is 0 Å². The summed E-state index contributed by atoms with van der Waals surface area (Å²) in [6.45, 7) is 2.20. The Bertz CT molecular complexity index is 719. The molecular weight excluding hydrogens is 331 g/mol. The second-order valence-corrected chi connectivity index (χ2v) is 10.8. The summed E-state index contributed by atoms with van der Waals surface area (Å²) in [6.07, 6.45) is 3.96. The van der Waals surface area contributed by atoms with Gasteiger partial charge in [0.15, 0.2) is 0 Å².